The standard InChI is InChI=1S/C16H14ClN3O6/c1-25-13-4-3-10(20(23)24)7-11(13)16(22)19-18-8-9-5-12(17)15(21)14(6-9)26-2/h3-8,21H,1-2H3,(H,19,22)/b18-8-. The van der Waals surface area contributed by atoms with E-state index in [4.69, 9.17) is 21.1 Å². The number of hydrogen-bond donors (Lipinski definition) is 2. The molecule has 0 spiro atoms. The maximum Gasteiger partial charge on any atom is 0.275 e. The van der Waals surface area contributed by atoms with Crippen molar-refractivity contribution in [3.8, 4) is 17.2 Å². The van der Waals surface area contributed by atoms with Crippen molar-refractivity contribution in [1.29, 1.82) is 0 Å². The fourth-order valence-electron chi connectivity index (χ4n) is 2.04. The van der Waals surface area contributed by atoms with Crippen molar-refractivity contribution in [3.63, 3.8) is 0 Å². The molecular weight excluding hydrogens is 366 g/mol. The highest BCUT2D eigenvalue weighted by Crippen LogP contribution is 2.34. The number of ether oxygens (including phenoxy) is 2. The molecule has 0 saturated carbocycles. The van der Waals surface area contributed by atoms with Gasteiger partial charge in [-0.1, -0.05) is 11.6 Å². The van der Waals surface area contributed by atoms with Gasteiger partial charge in [-0.3, -0.25) is 14.9 Å². The van der Waals surface area contributed by atoms with Gasteiger partial charge in [0, 0.05) is 12.1 Å². The quantitative estimate of drug-likeness (QED) is 0.452. The van der Waals surface area contributed by atoms with E-state index in [9.17, 15) is 20.0 Å². The van der Waals surface area contributed by atoms with E-state index in [1.54, 1.807) is 0 Å². The first-order chi connectivity index (χ1) is 12.4. The zero-order valence-electron chi connectivity index (χ0n) is 13.7. The Bertz CT molecular complexity index is 885. The summed E-state index contributed by atoms with van der Waals surface area (Å²) in [5.41, 5.74) is 2.40. The van der Waals surface area contributed by atoms with Crippen LogP contribution in [0.4, 0.5) is 5.69 Å². The number of nitrogens with zero attached hydrogens (tertiary/aromatic N) is 2. The Labute approximate surface area is 153 Å². The molecule has 1 amide bonds. The number of methoxy groups -OCH3 is 2. The third-order valence-corrected chi connectivity index (χ3v) is 3.58. The lowest BCUT2D eigenvalue weighted by Gasteiger charge is -2.07. The van der Waals surface area contributed by atoms with Gasteiger partial charge in [0.15, 0.2) is 11.5 Å². The number of benzene rings is 2. The second-order valence-corrected chi connectivity index (χ2v) is 5.30. The van der Waals surface area contributed by atoms with Crippen molar-refractivity contribution in [1.82, 2.24) is 5.43 Å². The van der Waals surface area contributed by atoms with E-state index >= 15 is 0 Å². The zero-order chi connectivity index (χ0) is 19.3. The summed E-state index contributed by atoms with van der Waals surface area (Å²) < 4.78 is 9.99. The molecule has 0 bridgehead atoms. The summed E-state index contributed by atoms with van der Waals surface area (Å²) in [5, 5.41) is 24.3. The number of nitrogens with one attached hydrogen (secondary N) is 1. The number of amides is 1. The number of phenolic OH excluding ortho intramolecular Hbond substituents is 1. The molecule has 10 heteroatoms. The van der Waals surface area contributed by atoms with Crippen LogP contribution in [0.3, 0.4) is 0 Å². The molecule has 2 N–H and O–H groups in total. The highest BCUT2D eigenvalue weighted by molar-refractivity contribution is 6.32. The van der Waals surface area contributed by atoms with E-state index in [1.165, 1.54) is 44.7 Å². The normalized spacial score (nSPS) is 10.6. The van der Waals surface area contributed by atoms with Crippen molar-refractivity contribution in [3.05, 3.63) is 56.6 Å². The number of rotatable bonds is 6. The molecule has 2 aromatic rings. The van der Waals surface area contributed by atoms with Crippen LogP contribution in [0.2, 0.25) is 5.02 Å². The molecule has 0 aliphatic carbocycles. The molecule has 0 aliphatic rings. The first-order valence-electron chi connectivity index (χ1n) is 7.09. The molecule has 0 aliphatic heterocycles. The van der Waals surface area contributed by atoms with Crippen LogP contribution in [-0.2, 0) is 0 Å². The Morgan fingerprint density at radius 3 is 2.58 bits per heavy atom. The first-order valence-corrected chi connectivity index (χ1v) is 7.47. The van der Waals surface area contributed by atoms with E-state index < -0.39 is 10.8 Å². The fraction of sp³-hybridized carbons (Fsp3) is 0.125. The van der Waals surface area contributed by atoms with Crippen LogP contribution in [0.25, 0.3) is 0 Å². The summed E-state index contributed by atoms with van der Waals surface area (Å²) in [5.74, 6) is -0.599. The second kappa shape index (κ2) is 8.17. The second-order valence-electron chi connectivity index (χ2n) is 4.89. The third-order valence-electron chi connectivity index (χ3n) is 3.29. The van der Waals surface area contributed by atoms with E-state index in [1.807, 2.05) is 0 Å². The van der Waals surface area contributed by atoms with Crippen LogP contribution in [0.5, 0.6) is 17.2 Å². The largest absolute Gasteiger partial charge is 0.503 e. The number of hydrazone groups is 1. The minimum atomic E-state index is -0.696. The highest BCUT2D eigenvalue weighted by Gasteiger charge is 2.17. The van der Waals surface area contributed by atoms with Gasteiger partial charge < -0.3 is 14.6 Å². The van der Waals surface area contributed by atoms with E-state index in [2.05, 4.69) is 10.5 Å². The zero-order valence-corrected chi connectivity index (χ0v) is 14.5. The van der Waals surface area contributed by atoms with Gasteiger partial charge in [0.05, 0.1) is 35.9 Å². The Morgan fingerprint density at radius 2 is 1.96 bits per heavy atom. The van der Waals surface area contributed by atoms with Crippen molar-refractivity contribution >= 4 is 29.4 Å². The Hall–Kier alpha value is -3.33. The lowest BCUT2D eigenvalue weighted by Crippen LogP contribution is -2.18. The topological polar surface area (TPSA) is 123 Å². The number of phenols is 1. The Morgan fingerprint density at radius 1 is 1.27 bits per heavy atom. The highest BCUT2D eigenvalue weighted by atomic mass is 35.5. The summed E-state index contributed by atoms with van der Waals surface area (Å²) in [6.07, 6.45) is 1.27. The number of non-ortho nitro benzene ring substituents is 1. The van der Waals surface area contributed by atoms with Crippen LogP contribution in [0, 0.1) is 10.1 Å². The van der Waals surface area contributed by atoms with Gasteiger partial charge >= 0.3 is 0 Å². The van der Waals surface area contributed by atoms with Crippen LogP contribution in [-0.4, -0.2) is 36.4 Å². The molecule has 9 nitrogen and oxygen atoms in total. The van der Waals surface area contributed by atoms with Crippen LogP contribution < -0.4 is 14.9 Å². The molecule has 0 radical (unpaired) electrons. The summed E-state index contributed by atoms with van der Waals surface area (Å²) in [6, 6.07) is 6.52. The van der Waals surface area contributed by atoms with Gasteiger partial charge in [-0.2, -0.15) is 5.10 Å². The van der Waals surface area contributed by atoms with Gasteiger partial charge in [-0.05, 0) is 23.8 Å². The molecule has 2 aromatic carbocycles. The number of hydrogen-bond acceptors (Lipinski definition) is 7. The molecular formula is C16H14ClN3O6. The Balaban J connectivity index is 2.21. The van der Waals surface area contributed by atoms with Crippen LogP contribution in [0.15, 0.2) is 35.4 Å². The average Bonchev–Trinajstić information content (AvgIpc) is 2.63. The maximum atomic E-state index is 12.2. The number of carbonyl (C=O) groups is 1. The number of aromatic hydroxyl groups is 1. The Kier molecular flexibility index (Phi) is 5.97. The predicted molar refractivity (Wildman–Crippen MR) is 94.4 cm³/mol. The molecule has 0 unspecified atom stereocenters. The van der Waals surface area contributed by atoms with Gasteiger partial charge in [-0.25, -0.2) is 5.43 Å². The minimum absolute atomic E-state index is 0.0415. The molecule has 0 fully saturated rings. The number of nitro benzene ring substituents is 1. The molecule has 136 valence electrons. The third kappa shape index (κ3) is 4.19. The molecule has 0 heterocycles. The van der Waals surface area contributed by atoms with Crippen LogP contribution in [0.1, 0.15) is 15.9 Å². The number of carbonyl (C=O) groups excluding carboxylic acids is 1. The summed E-state index contributed by atoms with van der Waals surface area (Å²) in [4.78, 5) is 22.4. The minimum Gasteiger partial charge on any atom is -0.503 e. The summed E-state index contributed by atoms with van der Waals surface area (Å²) in [7, 11) is 2.70. The smallest absolute Gasteiger partial charge is 0.275 e. The summed E-state index contributed by atoms with van der Waals surface area (Å²) in [6.45, 7) is 0. The molecule has 2 rings (SSSR count). The molecule has 26 heavy (non-hydrogen) atoms. The van der Waals surface area contributed by atoms with Crippen molar-refractivity contribution in [2.45, 2.75) is 0 Å². The lowest BCUT2D eigenvalue weighted by molar-refractivity contribution is -0.384. The number of halogens is 1. The first kappa shape index (κ1) is 19.0. The van der Waals surface area contributed by atoms with Crippen molar-refractivity contribution in [2.75, 3.05) is 14.2 Å². The van der Waals surface area contributed by atoms with Crippen LogP contribution >= 0.6 is 11.6 Å². The predicted octanol–water partition coefficient (Wildman–Crippen LogP) is 2.73. The molecule has 0 saturated heterocycles. The molecule has 0 aromatic heterocycles. The average molecular weight is 380 g/mol. The lowest BCUT2D eigenvalue weighted by atomic mass is 10.1. The van der Waals surface area contributed by atoms with Gasteiger partial charge in [0.2, 0.25) is 0 Å². The van der Waals surface area contributed by atoms with E-state index in [0.717, 1.165) is 6.07 Å². The van der Waals surface area contributed by atoms with E-state index in [0.29, 0.717) is 5.56 Å². The monoisotopic (exact) mass is 379 g/mol. The number of nitro groups is 1. The summed E-state index contributed by atoms with van der Waals surface area (Å²) >= 11 is 5.86. The maximum absolute atomic E-state index is 12.2. The fourth-order valence-corrected chi connectivity index (χ4v) is 2.26. The van der Waals surface area contributed by atoms with Gasteiger partial charge in [0.25, 0.3) is 11.6 Å². The molecule has 0 atom stereocenters. The van der Waals surface area contributed by atoms with Crippen molar-refractivity contribution < 1.29 is 24.3 Å². The van der Waals surface area contributed by atoms with E-state index in [-0.39, 0.29) is 33.5 Å². The van der Waals surface area contributed by atoms with Crippen molar-refractivity contribution in [2.24, 2.45) is 5.10 Å². The SMILES string of the molecule is COc1ccc([N+](=O)[O-])cc1C(=O)N/N=C\c1cc(Cl)c(O)c(OC)c1. The van der Waals surface area contributed by atoms with Gasteiger partial charge in [0.1, 0.15) is 5.75 Å². The van der Waals surface area contributed by atoms with Gasteiger partial charge in [-0.15, -0.1) is 0 Å².